The quantitative estimate of drug-likeness (QED) is 0.732. The summed E-state index contributed by atoms with van der Waals surface area (Å²) in [5, 5.41) is 0. The number of hydrogen-bond acceptors (Lipinski definition) is 2. The fraction of sp³-hybridized carbons (Fsp3) is 1.00. The molecule has 1 heterocycles. The van der Waals surface area contributed by atoms with E-state index >= 15 is 0 Å². The van der Waals surface area contributed by atoms with Crippen molar-refractivity contribution in [2.24, 2.45) is 17.6 Å². The van der Waals surface area contributed by atoms with Crippen molar-refractivity contribution >= 4 is 0 Å². The third-order valence-electron chi connectivity index (χ3n) is 4.53. The van der Waals surface area contributed by atoms with Gasteiger partial charge in [0.2, 0.25) is 0 Å². The van der Waals surface area contributed by atoms with Crippen LogP contribution in [0.3, 0.4) is 0 Å². The van der Waals surface area contributed by atoms with Gasteiger partial charge in [0.1, 0.15) is 0 Å². The third kappa shape index (κ3) is 1.31. The molecule has 2 nitrogen and oxygen atoms in total. The smallest absolute Gasteiger partial charge is 0.0786 e. The summed E-state index contributed by atoms with van der Waals surface area (Å²) in [4.78, 5) is 0. The zero-order valence-corrected chi connectivity index (χ0v) is 8.87. The Hall–Kier alpha value is -0.0800. The average molecular weight is 195 g/mol. The summed E-state index contributed by atoms with van der Waals surface area (Å²) < 4.78 is 5.88. The first-order valence-electron chi connectivity index (χ1n) is 6.21. The van der Waals surface area contributed by atoms with E-state index in [-0.39, 0.29) is 5.54 Å². The van der Waals surface area contributed by atoms with Gasteiger partial charge in [-0.15, -0.1) is 0 Å². The summed E-state index contributed by atoms with van der Waals surface area (Å²) in [6, 6.07) is 0. The minimum atomic E-state index is 0.0532. The van der Waals surface area contributed by atoms with Crippen molar-refractivity contribution in [2.75, 3.05) is 6.61 Å². The predicted octanol–water partition coefficient (Wildman–Crippen LogP) is 2.07. The molecule has 2 saturated carbocycles. The van der Waals surface area contributed by atoms with Gasteiger partial charge in [-0.3, -0.25) is 0 Å². The zero-order chi connectivity index (χ0) is 9.60. The zero-order valence-electron chi connectivity index (χ0n) is 8.87. The molecule has 1 aliphatic heterocycles. The highest BCUT2D eigenvalue weighted by Gasteiger charge is 2.52. The Labute approximate surface area is 86.2 Å². The van der Waals surface area contributed by atoms with Gasteiger partial charge in [-0.25, -0.2) is 0 Å². The molecule has 0 aromatic carbocycles. The first kappa shape index (κ1) is 9.17. The highest BCUT2D eigenvalue weighted by Crippen LogP contribution is 2.48. The fourth-order valence-electron chi connectivity index (χ4n) is 3.53. The SMILES string of the molecule is NC1(C2CCCC2)CCOC1C1CC1. The standard InChI is InChI=1S/C12H21NO/c13-12(10-3-1-2-4-10)7-8-14-11(12)9-5-6-9/h9-11H,1-8,13H2. The van der Waals surface area contributed by atoms with Crippen LogP contribution in [0.4, 0.5) is 0 Å². The van der Waals surface area contributed by atoms with Crippen molar-refractivity contribution in [1.29, 1.82) is 0 Å². The molecule has 1 saturated heterocycles. The Morgan fingerprint density at radius 1 is 1.07 bits per heavy atom. The van der Waals surface area contributed by atoms with Crippen LogP contribution < -0.4 is 5.73 Å². The van der Waals surface area contributed by atoms with Crippen LogP contribution in [-0.2, 0) is 4.74 Å². The molecule has 0 aromatic heterocycles. The van der Waals surface area contributed by atoms with E-state index in [1.54, 1.807) is 0 Å². The summed E-state index contributed by atoms with van der Waals surface area (Å²) in [7, 11) is 0. The van der Waals surface area contributed by atoms with Gasteiger partial charge in [-0.05, 0) is 43.9 Å². The summed E-state index contributed by atoms with van der Waals surface area (Å²) in [5.41, 5.74) is 6.68. The van der Waals surface area contributed by atoms with Crippen molar-refractivity contribution in [3.63, 3.8) is 0 Å². The molecule has 2 N–H and O–H groups in total. The molecule has 2 atom stereocenters. The maximum absolute atomic E-state index is 6.62. The molecule has 2 heteroatoms. The van der Waals surface area contributed by atoms with Crippen LogP contribution in [0.2, 0.25) is 0 Å². The number of nitrogens with two attached hydrogens (primary N) is 1. The fourth-order valence-corrected chi connectivity index (χ4v) is 3.53. The van der Waals surface area contributed by atoms with E-state index in [1.807, 2.05) is 0 Å². The van der Waals surface area contributed by atoms with Crippen molar-refractivity contribution in [3.8, 4) is 0 Å². The molecule has 0 aromatic rings. The molecule has 14 heavy (non-hydrogen) atoms. The molecule has 3 rings (SSSR count). The molecule has 80 valence electrons. The Morgan fingerprint density at radius 3 is 2.43 bits per heavy atom. The second-order valence-electron chi connectivity index (χ2n) is 5.47. The second-order valence-corrected chi connectivity index (χ2v) is 5.47. The predicted molar refractivity (Wildman–Crippen MR) is 56.0 cm³/mol. The maximum atomic E-state index is 6.62. The topological polar surface area (TPSA) is 35.2 Å². The molecule has 2 aliphatic carbocycles. The van der Waals surface area contributed by atoms with E-state index in [0.29, 0.717) is 6.10 Å². The molecule has 3 fully saturated rings. The Morgan fingerprint density at radius 2 is 1.79 bits per heavy atom. The highest BCUT2D eigenvalue weighted by atomic mass is 16.5. The maximum Gasteiger partial charge on any atom is 0.0786 e. The average Bonchev–Trinajstić information content (AvgIpc) is 2.73. The molecule has 0 radical (unpaired) electrons. The Balaban J connectivity index is 1.77. The first-order chi connectivity index (χ1) is 6.81. The normalized spacial score (nSPS) is 44.8. The summed E-state index contributed by atoms with van der Waals surface area (Å²) in [6.07, 6.45) is 9.71. The van der Waals surface area contributed by atoms with Crippen LogP contribution in [0, 0.1) is 11.8 Å². The monoisotopic (exact) mass is 195 g/mol. The van der Waals surface area contributed by atoms with E-state index in [1.165, 1.54) is 38.5 Å². The summed E-state index contributed by atoms with van der Waals surface area (Å²) in [6.45, 7) is 0.911. The van der Waals surface area contributed by atoms with E-state index in [0.717, 1.165) is 24.9 Å². The Kier molecular flexibility index (Phi) is 2.10. The van der Waals surface area contributed by atoms with Gasteiger partial charge < -0.3 is 10.5 Å². The van der Waals surface area contributed by atoms with Gasteiger partial charge in [0.15, 0.2) is 0 Å². The first-order valence-corrected chi connectivity index (χ1v) is 6.21. The minimum Gasteiger partial charge on any atom is -0.376 e. The number of hydrogen-bond donors (Lipinski definition) is 1. The molecule has 3 aliphatic rings. The van der Waals surface area contributed by atoms with Gasteiger partial charge in [-0.2, -0.15) is 0 Å². The highest BCUT2D eigenvalue weighted by molar-refractivity contribution is 5.07. The van der Waals surface area contributed by atoms with Crippen LogP contribution in [0.25, 0.3) is 0 Å². The molecule has 0 spiro atoms. The molecule has 0 amide bonds. The van der Waals surface area contributed by atoms with Crippen LogP contribution in [0.1, 0.15) is 44.9 Å². The number of rotatable bonds is 2. The third-order valence-corrected chi connectivity index (χ3v) is 4.53. The van der Waals surface area contributed by atoms with Gasteiger partial charge in [-0.1, -0.05) is 12.8 Å². The van der Waals surface area contributed by atoms with Gasteiger partial charge in [0, 0.05) is 12.1 Å². The van der Waals surface area contributed by atoms with Gasteiger partial charge >= 0.3 is 0 Å². The van der Waals surface area contributed by atoms with Crippen molar-refractivity contribution in [1.82, 2.24) is 0 Å². The summed E-state index contributed by atoms with van der Waals surface area (Å²) >= 11 is 0. The van der Waals surface area contributed by atoms with Crippen LogP contribution in [-0.4, -0.2) is 18.2 Å². The van der Waals surface area contributed by atoms with Crippen molar-refractivity contribution < 1.29 is 4.74 Å². The lowest BCUT2D eigenvalue weighted by molar-refractivity contribution is 0.0441. The lowest BCUT2D eigenvalue weighted by Crippen LogP contribution is -2.53. The van der Waals surface area contributed by atoms with E-state index in [4.69, 9.17) is 10.5 Å². The van der Waals surface area contributed by atoms with E-state index < -0.39 is 0 Å². The van der Waals surface area contributed by atoms with Crippen molar-refractivity contribution in [2.45, 2.75) is 56.6 Å². The lowest BCUT2D eigenvalue weighted by Gasteiger charge is -2.36. The lowest BCUT2D eigenvalue weighted by atomic mass is 9.76. The molecular weight excluding hydrogens is 174 g/mol. The largest absolute Gasteiger partial charge is 0.376 e. The second kappa shape index (κ2) is 3.21. The molecule has 0 bridgehead atoms. The van der Waals surface area contributed by atoms with E-state index in [2.05, 4.69) is 0 Å². The van der Waals surface area contributed by atoms with E-state index in [9.17, 15) is 0 Å². The molecule has 2 unspecified atom stereocenters. The Bertz CT molecular complexity index is 220. The number of ether oxygens (including phenoxy) is 1. The molecular formula is C12H21NO. The van der Waals surface area contributed by atoms with Crippen LogP contribution in [0.5, 0.6) is 0 Å². The van der Waals surface area contributed by atoms with Gasteiger partial charge in [0.05, 0.1) is 6.10 Å². The van der Waals surface area contributed by atoms with Crippen LogP contribution in [0.15, 0.2) is 0 Å². The van der Waals surface area contributed by atoms with Crippen molar-refractivity contribution in [3.05, 3.63) is 0 Å². The minimum absolute atomic E-state index is 0.0532. The van der Waals surface area contributed by atoms with Crippen LogP contribution >= 0.6 is 0 Å². The summed E-state index contributed by atoms with van der Waals surface area (Å²) in [5.74, 6) is 1.57. The van der Waals surface area contributed by atoms with Gasteiger partial charge in [0.25, 0.3) is 0 Å².